The summed E-state index contributed by atoms with van der Waals surface area (Å²) in [5, 5.41) is 0. The van der Waals surface area contributed by atoms with Gasteiger partial charge in [-0.2, -0.15) is 0 Å². The minimum absolute atomic E-state index is 0.350. The van der Waals surface area contributed by atoms with E-state index < -0.39 is 11.4 Å². The van der Waals surface area contributed by atoms with E-state index in [1.807, 2.05) is 6.07 Å². The molecule has 1 atom stereocenters. The van der Waals surface area contributed by atoms with E-state index in [0.717, 1.165) is 5.56 Å². The number of amides is 1. The first kappa shape index (κ1) is 13.3. The molecule has 0 aromatic heterocycles. The molecule has 0 saturated carbocycles. The molecule has 0 spiro atoms. The summed E-state index contributed by atoms with van der Waals surface area (Å²) < 4.78 is 10.3. The molecule has 17 heavy (non-hydrogen) atoms. The van der Waals surface area contributed by atoms with Crippen LogP contribution in [-0.2, 0) is 11.2 Å². The topological polar surface area (TPSA) is 87.6 Å². The lowest BCUT2D eigenvalue weighted by Crippen LogP contribution is -2.51. The van der Waals surface area contributed by atoms with Crippen molar-refractivity contribution in [1.29, 1.82) is 0 Å². The number of ether oxygens (including phenoxy) is 2. The van der Waals surface area contributed by atoms with Crippen LogP contribution < -0.4 is 20.9 Å². The van der Waals surface area contributed by atoms with Crippen LogP contribution in [-0.4, -0.2) is 25.7 Å². The largest absolute Gasteiger partial charge is 0.493 e. The Morgan fingerprint density at radius 1 is 1.29 bits per heavy atom. The molecule has 0 aliphatic rings. The summed E-state index contributed by atoms with van der Waals surface area (Å²) in [6.45, 7) is 1.60. The number of methoxy groups -OCH3 is 2. The van der Waals surface area contributed by atoms with Crippen molar-refractivity contribution in [2.45, 2.75) is 18.9 Å². The van der Waals surface area contributed by atoms with Crippen molar-refractivity contribution in [2.24, 2.45) is 11.5 Å². The van der Waals surface area contributed by atoms with E-state index in [1.165, 1.54) is 0 Å². The number of carbonyl (C=O) groups excluding carboxylic acids is 1. The first-order valence-corrected chi connectivity index (χ1v) is 5.20. The van der Waals surface area contributed by atoms with E-state index >= 15 is 0 Å². The summed E-state index contributed by atoms with van der Waals surface area (Å²) in [4.78, 5) is 11.1. The summed E-state index contributed by atoms with van der Waals surface area (Å²) in [6, 6.07) is 5.38. The van der Waals surface area contributed by atoms with Crippen molar-refractivity contribution in [2.75, 3.05) is 14.2 Å². The first-order valence-electron chi connectivity index (χ1n) is 5.20. The molecule has 5 nitrogen and oxygen atoms in total. The zero-order valence-corrected chi connectivity index (χ0v) is 10.3. The fraction of sp³-hybridized carbons (Fsp3) is 0.417. The summed E-state index contributed by atoms with van der Waals surface area (Å²) in [5.74, 6) is 0.701. The third-order valence-corrected chi connectivity index (χ3v) is 2.58. The highest BCUT2D eigenvalue weighted by molar-refractivity contribution is 5.84. The van der Waals surface area contributed by atoms with E-state index in [-0.39, 0.29) is 0 Å². The van der Waals surface area contributed by atoms with Gasteiger partial charge in [-0.1, -0.05) is 6.07 Å². The molecule has 94 valence electrons. The SMILES string of the molecule is COc1ccc(C[C@](C)(N)C(N)=O)cc1OC. The number of hydrogen-bond acceptors (Lipinski definition) is 4. The molecule has 0 heterocycles. The molecular weight excluding hydrogens is 220 g/mol. The number of hydrogen-bond donors (Lipinski definition) is 2. The summed E-state index contributed by atoms with van der Waals surface area (Å²) >= 11 is 0. The van der Waals surface area contributed by atoms with Gasteiger partial charge in [-0.05, 0) is 31.0 Å². The Morgan fingerprint density at radius 3 is 2.35 bits per heavy atom. The van der Waals surface area contributed by atoms with Gasteiger partial charge in [0.2, 0.25) is 5.91 Å². The average Bonchev–Trinajstić information content (AvgIpc) is 2.28. The van der Waals surface area contributed by atoms with Crippen LogP contribution in [0, 0.1) is 0 Å². The van der Waals surface area contributed by atoms with Gasteiger partial charge in [0, 0.05) is 0 Å². The van der Waals surface area contributed by atoms with Crippen molar-refractivity contribution in [3.05, 3.63) is 23.8 Å². The maximum absolute atomic E-state index is 11.1. The summed E-state index contributed by atoms with van der Waals surface area (Å²) in [5.41, 5.74) is 10.8. The molecule has 0 aliphatic heterocycles. The first-order chi connectivity index (χ1) is 7.90. The van der Waals surface area contributed by atoms with Crippen LogP contribution in [0.1, 0.15) is 12.5 Å². The monoisotopic (exact) mass is 238 g/mol. The Bertz CT molecular complexity index is 416. The second-order valence-corrected chi connectivity index (χ2v) is 4.15. The van der Waals surface area contributed by atoms with Gasteiger partial charge in [0.05, 0.1) is 19.8 Å². The molecule has 0 aliphatic carbocycles. The van der Waals surface area contributed by atoms with E-state index in [9.17, 15) is 4.79 Å². The van der Waals surface area contributed by atoms with Crippen LogP contribution in [0.3, 0.4) is 0 Å². The molecule has 1 amide bonds. The number of nitrogens with two attached hydrogens (primary N) is 2. The molecule has 0 bridgehead atoms. The van der Waals surface area contributed by atoms with Crippen LogP contribution in [0.5, 0.6) is 11.5 Å². The van der Waals surface area contributed by atoms with Gasteiger partial charge >= 0.3 is 0 Å². The highest BCUT2D eigenvalue weighted by Gasteiger charge is 2.26. The van der Waals surface area contributed by atoms with E-state index in [4.69, 9.17) is 20.9 Å². The molecule has 1 aromatic carbocycles. The molecule has 0 fully saturated rings. The Morgan fingerprint density at radius 2 is 1.88 bits per heavy atom. The van der Waals surface area contributed by atoms with Gasteiger partial charge in [0.15, 0.2) is 11.5 Å². The van der Waals surface area contributed by atoms with Gasteiger partial charge < -0.3 is 20.9 Å². The second-order valence-electron chi connectivity index (χ2n) is 4.15. The Balaban J connectivity index is 2.97. The maximum Gasteiger partial charge on any atom is 0.237 e. The Kier molecular flexibility index (Phi) is 3.96. The maximum atomic E-state index is 11.1. The minimum atomic E-state index is -1.07. The van der Waals surface area contributed by atoms with Crippen molar-refractivity contribution < 1.29 is 14.3 Å². The number of primary amides is 1. The van der Waals surface area contributed by atoms with Crippen LogP contribution in [0.2, 0.25) is 0 Å². The minimum Gasteiger partial charge on any atom is -0.493 e. The number of benzene rings is 1. The zero-order chi connectivity index (χ0) is 13.1. The van der Waals surface area contributed by atoms with Gasteiger partial charge in [0.25, 0.3) is 0 Å². The molecular formula is C12H18N2O3. The summed E-state index contributed by atoms with van der Waals surface area (Å²) in [6.07, 6.45) is 0.350. The standard InChI is InChI=1S/C12H18N2O3/c1-12(14,11(13)15)7-8-4-5-9(16-2)10(6-8)17-3/h4-6H,7,14H2,1-3H3,(H2,13,15)/t12-/m0/s1. The van der Waals surface area contributed by atoms with Crippen molar-refractivity contribution in [3.8, 4) is 11.5 Å². The van der Waals surface area contributed by atoms with Gasteiger partial charge in [-0.3, -0.25) is 4.79 Å². The lowest BCUT2D eigenvalue weighted by Gasteiger charge is -2.21. The van der Waals surface area contributed by atoms with Crippen molar-refractivity contribution >= 4 is 5.91 Å². The molecule has 0 saturated heterocycles. The van der Waals surface area contributed by atoms with Gasteiger partial charge in [-0.15, -0.1) is 0 Å². The Hall–Kier alpha value is -1.75. The lowest BCUT2D eigenvalue weighted by molar-refractivity contribution is -0.122. The molecule has 4 N–H and O–H groups in total. The molecule has 0 unspecified atom stereocenters. The van der Waals surface area contributed by atoms with Crippen LogP contribution in [0.4, 0.5) is 0 Å². The van der Waals surface area contributed by atoms with Gasteiger partial charge in [-0.25, -0.2) is 0 Å². The van der Waals surface area contributed by atoms with E-state index in [1.54, 1.807) is 33.3 Å². The number of rotatable bonds is 5. The fourth-order valence-corrected chi connectivity index (χ4v) is 1.50. The normalized spacial score (nSPS) is 13.9. The second kappa shape index (κ2) is 5.05. The van der Waals surface area contributed by atoms with Crippen molar-refractivity contribution in [3.63, 3.8) is 0 Å². The lowest BCUT2D eigenvalue weighted by atomic mass is 9.93. The zero-order valence-electron chi connectivity index (χ0n) is 10.3. The van der Waals surface area contributed by atoms with E-state index in [2.05, 4.69) is 0 Å². The molecule has 1 rings (SSSR count). The quantitative estimate of drug-likeness (QED) is 0.779. The predicted molar refractivity (Wildman–Crippen MR) is 65.0 cm³/mol. The van der Waals surface area contributed by atoms with Crippen LogP contribution in [0.15, 0.2) is 18.2 Å². The average molecular weight is 238 g/mol. The highest BCUT2D eigenvalue weighted by atomic mass is 16.5. The fourth-order valence-electron chi connectivity index (χ4n) is 1.50. The third kappa shape index (κ3) is 3.10. The Labute approximate surface area is 101 Å². The number of carbonyl (C=O) groups is 1. The van der Waals surface area contributed by atoms with Crippen LogP contribution in [0.25, 0.3) is 0 Å². The van der Waals surface area contributed by atoms with E-state index in [0.29, 0.717) is 17.9 Å². The van der Waals surface area contributed by atoms with Crippen LogP contribution >= 0.6 is 0 Å². The summed E-state index contributed by atoms with van der Waals surface area (Å²) in [7, 11) is 3.12. The smallest absolute Gasteiger partial charge is 0.237 e. The third-order valence-electron chi connectivity index (χ3n) is 2.58. The molecule has 0 radical (unpaired) electrons. The van der Waals surface area contributed by atoms with Crippen molar-refractivity contribution in [1.82, 2.24) is 0 Å². The molecule has 5 heteroatoms. The predicted octanol–water partition coefficient (Wildman–Crippen LogP) is 0.449. The van der Waals surface area contributed by atoms with Gasteiger partial charge in [0.1, 0.15) is 0 Å². The highest BCUT2D eigenvalue weighted by Crippen LogP contribution is 2.28. The molecule has 1 aromatic rings.